The SMILES string of the molecule is CSCC[C@@H]1NOC(C)=CC(=CC(=O)[C@@H](N)CCSC)OC1=O. The maximum Gasteiger partial charge on any atom is 0.331 e. The van der Waals surface area contributed by atoms with E-state index in [-0.39, 0.29) is 11.5 Å². The van der Waals surface area contributed by atoms with Crippen LogP contribution in [-0.2, 0) is 19.2 Å². The summed E-state index contributed by atoms with van der Waals surface area (Å²) in [5.41, 5.74) is 8.52. The number of ether oxygens (including phenoxy) is 1. The molecule has 1 heterocycles. The summed E-state index contributed by atoms with van der Waals surface area (Å²) >= 11 is 3.26. The molecular weight excluding hydrogens is 336 g/mol. The molecule has 0 amide bonds. The van der Waals surface area contributed by atoms with Crippen LogP contribution in [0.3, 0.4) is 0 Å². The van der Waals surface area contributed by atoms with Gasteiger partial charge in [-0.3, -0.25) is 4.79 Å². The highest BCUT2D eigenvalue weighted by molar-refractivity contribution is 7.98. The van der Waals surface area contributed by atoms with E-state index in [1.165, 1.54) is 12.2 Å². The normalized spacial score (nSPS) is 21.7. The van der Waals surface area contributed by atoms with Crippen molar-refractivity contribution in [1.29, 1.82) is 0 Å². The monoisotopic (exact) mass is 360 g/mol. The zero-order valence-corrected chi connectivity index (χ0v) is 15.3. The van der Waals surface area contributed by atoms with Gasteiger partial charge in [0.1, 0.15) is 17.6 Å². The van der Waals surface area contributed by atoms with Crippen LogP contribution in [0, 0.1) is 0 Å². The lowest BCUT2D eigenvalue weighted by atomic mass is 10.1. The summed E-state index contributed by atoms with van der Waals surface area (Å²) in [5.74, 6) is 1.51. The average molecular weight is 361 g/mol. The largest absolute Gasteiger partial charge is 0.425 e. The Morgan fingerprint density at radius 1 is 1.43 bits per heavy atom. The molecule has 0 aliphatic carbocycles. The molecular formula is C15H24N2O4S2. The van der Waals surface area contributed by atoms with Gasteiger partial charge in [0.25, 0.3) is 0 Å². The number of carbonyl (C=O) groups is 2. The predicted molar refractivity (Wildman–Crippen MR) is 94.9 cm³/mol. The summed E-state index contributed by atoms with van der Waals surface area (Å²) in [6.45, 7) is 1.71. The standard InChI is InChI=1S/C15H24N2O4S2/c1-10-8-11(9-14(18)12(16)4-6-22-2)20-15(19)13(17-21-10)5-7-23-3/h8-9,12-13,17H,4-7,16H2,1-3H3/t12-,13-/m0/s1. The van der Waals surface area contributed by atoms with Gasteiger partial charge >= 0.3 is 5.97 Å². The fourth-order valence-corrected chi connectivity index (χ4v) is 2.74. The van der Waals surface area contributed by atoms with E-state index in [1.54, 1.807) is 30.4 Å². The fourth-order valence-electron chi connectivity index (χ4n) is 1.78. The number of hydrogen-bond acceptors (Lipinski definition) is 8. The predicted octanol–water partition coefficient (Wildman–Crippen LogP) is 1.62. The molecule has 23 heavy (non-hydrogen) atoms. The Hall–Kier alpha value is -0.960. The highest BCUT2D eigenvalue weighted by Crippen LogP contribution is 2.14. The number of nitrogens with one attached hydrogen (secondary N) is 1. The number of hydrogen-bond donors (Lipinski definition) is 2. The lowest BCUT2D eigenvalue weighted by Gasteiger charge is -2.21. The molecule has 1 aliphatic rings. The van der Waals surface area contributed by atoms with Crippen molar-refractivity contribution in [2.45, 2.75) is 31.8 Å². The topological polar surface area (TPSA) is 90.7 Å². The van der Waals surface area contributed by atoms with Gasteiger partial charge in [-0.2, -0.15) is 23.5 Å². The van der Waals surface area contributed by atoms with E-state index in [1.807, 2.05) is 12.5 Å². The van der Waals surface area contributed by atoms with Gasteiger partial charge in [-0.05, 0) is 43.8 Å². The maximum atomic E-state index is 12.1. The smallest absolute Gasteiger partial charge is 0.331 e. The number of cyclic esters (lactones) is 1. The number of allylic oxidation sites excluding steroid dienone is 2. The second kappa shape index (κ2) is 10.7. The number of thioether (sulfide) groups is 2. The van der Waals surface area contributed by atoms with Crippen molar-refractivity contribution in [3.63, 3.8) is 0 Å². The third-order valence-corrected chi connectivity index (χ3v) is 4.39. The van der Waals surface area contributed by atoms with Crippen LogP contribution in [-0.4, -0.2) is 47.9 Å². The molecule has 130 valence electrons. The van der Waals surface area contributed by atoms with Gasteiger partial charge in [0, 0.05) is 12.2 Å². The molecule has 0 saturated heterocycles. The minimum absolute atomic E-state index is 0.160. The van der Waals surface area contributed by atoms with Crippen molar-refractivity contribution in [2.75, 3.05) is 24.0 Å². The van der Waals surface area contributed by atoms with Crippen LogP contribution in [0.5, 0.6) is 0 Å². The molecule has 1 rings (SSSR count). The molecule has 0 spiro atoms. The van der Waals surface area contributed by atoms with Crippen molar-refractivity contribution in [1.82, 2.24) is 5.48 Å². The van der Waals surface area contributed by atoms with Gasteiger partial charge in [-0.25, -0.2) is 4.79 Å². The number of rotatable bonds is 8. The van der Waals surface area contributed by atoms with E-state index in [0.717, 1.165) is 11.5 Å². The van der Waals surface area contributed by atoms with Crippen LogP contribution >= 0.6 is 23.5 Å². The molecule has 0 aromatic heterocycles. The van der Waals surface area contributed by atoms with Crippen molar-refractivity contribution >= 4 is 35.3 Å². The van der Waals surface area contributed by atoms with E-state index in [9.17, 15) is 9.59 Å². The van der Waals surface area contributed by atoms with Crippen molar-refractivity contribution < 1.29 is 19.2 Å². The van der Waals surface area contributed by atoms with E-state index in [2.05, 4.69) is 5.48 Å². The first-order chi connectivity index (χ1) is 11.0. The molecule has 2 atom stereocenters. The Morgan fingerprint density at radius 3 is 2.78 bits per heavy atom. The highest BCUT2D eigenvalue weighted by atomic mass is 32.2. The van der Waals surface area contributed by atoms with Crippen LogP contribution in [0.1, 0.15) is 19.8 Å². The van der Waals surface area contributed by atoms with Crippen LogP contribution in [0.2, 0.25) is 0 Å². The third-order valence-electron chi connectivity index (χ3n) is 3.10. The molecule has 1 aliphatic heterocycles. The number of nitrogens with two attached hydrogens (primary N) is 1. The summed E-state index contributed by atoms with van der Waals surface area (Å²) in [6, 6.07) is -1.17. The fraction of sp³-hybridized carbons (Fsp3) is 0.600. The molecule has 0 radical (unpaired) electrons. The van der Waals surface area contributed by atoms with Gasteiger partial charge in [0.2, 0.25) is 0 Å². The lowest BCUT2D eigenvalue weighted by Crippen LogP contribution is -2.39. The van der Waals surface area contributed by atoms with E-state index < -0.39 is 18.1 Å². The van der Waals surface area contributed by atoms with Crippen molar-refractivity contribution in [3.05, 3.63) is 23.7 Å². The van der Waals surface area contributed by atoms with Gasteiger partial charge in [0.15, 0.2) is 5.78 Å². The Kier molecular flexibility index (Phi) is 9.39. The zero-order valence-electron chi connectivity index (χ0n) is 13.7. The Labute approximate surface area is 145 Å². The first kappa shape index (κ1) is 20.1. The number of hydroxylamine groups is 1. The van der Waals surface area contributed by atoms with E-state index >= 15 is 0 Å². The molecule has 0 aromatic rings. The Bertz CT molecular complexity index is 480. The maximum absolute atomic E-state index is 12.1. The minimum atomic E-state index is -0.598. The molecule has 0 fully saturated rings. The van der Waals surface area contributed by atoms with Gasteiger partial charge < -0.3 is 15.3 Å². The Morgan fingerprint density at radius 2 is 2.13 bits per heavy atom. The van der Waals surface area contributed by atoms with Crippen LogP contribution in [0.25, 0.3) is 0 Å². The highest BCUT2D eigenvalue weighted by Gasteiger charge is 2.24. The molecule has 0 bridgehead atoms. The number of carbonyl (C=O) groups excluding carboxylic acids is 2. The van der Waals surface area contributed by atoms with Gasteiger partial charge in [-0.1, -0.05) is 0 Å². The summed E-state index contributed by atoms with van der Waals surface area (Å²) in [4.78, 5) is 29.5. The number of ketones is 1. The van der Waals surface area contributed by atoms with Gasteiger partial charge in [0.05, 0.1) is 6.04 Å². The van der Waals surface area contributed by atoms with Crippen molar-refractivity contribution in [2.24, 2.45) is 5.73 Å². The molecule has 0 saturated carbocycles. The second-order valence-corrected chi connectivity index (χ2v) is 7.04. The lowest BCUT2D eigenvalue weighted by molar-refractivity contribution is -0.145. The summed E-state index contributed by atoms with van der Waals surface area (Å²) in [7, 11) is 0. The quantitative estimate of drug-likeness (QED) is 0.498. The van der Waals surface area contributed by atoms with Crippen molar-refractivity contribution in [3.8, 4) is 0 Å². The van der Waals surface area contributed by atoms with Crippen LogP contribution < -0.4 is 11.2 Å². The first-order valence-electron chi connectivity index (χ1n) is 7.29. The average Bonchev–Trinajstić information content (AvgIpc) is 2.50. The summed E-state index contributed by atoms with van der Waals surface area (Å²) in [5, 5.41) is 0. The number of esters is 1. The van der Waals surface area contributed by atoms with Gasteiger partial charge in [-0.15, -0.1) is 5.48 Å². The molecule has 3 N–H and O–H groups in total. The molecule has 6 nitrogen and oxygen atoms in total. The Balaban J connectivity index is 2.81. The molecule has 0 unspecified atom stereocenters. The minimum Gasteiger partial charge on any atom is -0.425 e. The molecule has 0 aromatic carbocycles. The molecule has 8 heteroatoms. The second-order valence-electron chi connectivity index (χ2n) is 5.07. The van der Waals surface area contributed by atoms with E-state index in [4.69, 9.17) is 15.3 Å². The first-order valence-corrected chi connectivity index (χ1v) is 10.1. The van der Waals surface area contributed by atoms with E-state index in [0.29, 0.717) is 18.6 Å². The summed E-state index contributed by atoms with van der Waals surface area (Å²) in [6.07, 6.45) is 7.83. The summed E-state index contributed by atoms with van der Waals surface area (Å²) < 4.78 is 5.31. The van der Waals surface area contributed by atoms with Crippen LogP contribution in [0.4, 0.5) is 0 Å². The van der Waals surface area contributed by atoms with Crippen LogP contribution in [0.15, 0.2) is 23.7 Å². The zero-order chi connectivity index (χ0) is 17.2. The third kappa shape index (κ3) is 7.43.